The molecule has 184 valence electrons. The predicted octanol–water partition coefficient (Wildman–Crippen LogP) is 4.96. The normalized spacial score (nSPS) is 16.5. The fraction of sp³-hybridized carbons (Fsp3) is 0.345. The van der Waals surface area contributed by atoms with Crippen LogP contribution in [0.4, 0.5) is 0 Å². The van der Waals surface area contributed by atoms with Crippen molar-refractivity contribution in [1.29, 1.82) is 0 Å². The average Bonchev–Trinajstić information content (AvgIpc) is 3.21. The van der Waals surface area contributed by atoms with Crippen LogP contribution in [0.1, 0.15) is 42.1 Å². The van der Waals surface area contributed by atoms with E-state index in [1.54, 1.807) is 6.20 Å². The lowest BCUT2D eigenvalue weighted by Gasteiger charge is -2.48. The van der Waals surface area contributed by atoms with Crippen molar-refractivity contribution >= 4 is 16.8 Å². The molecule has 0 radical (unpaired) electrons. The van der Waals surface area contributed by atoms with Gasteiger partial charge in [0.05, 0.1) is 23.4 Å². The van der Waals surface area contributed by atoms with E-state index >= 15 is 0 Å². The van der Waals surface area contributed by atoms with Gasteiger partial charge in [0.1, 0.15) is 11.5 Å². The number of likely N-dealkylation sites (tertiary alicyclic amines) is 1. The summed E-state index contributed by atoms with van der Waals surface area (Å²) in [5, 5.41) is 8.60. The largest absolute Gasteiger partial charge is 0.457 e. The van der Waals surface area contributed by atoms with Crippen LogP contribution in [0.3, 0.4) is 0 Å². The molecule has 6 rings (SSSR count). The molecule has 4 aromatic rings. The average molecular weight is 482 g/mol. The lowest BCUT2D eigenvalue weighted by molar-refractivity contribution is 0.0346. The van der Waals surface area contributed by atoms with Crippen molar-refractivity contribution in [2.45, 2.75) is 44.7 Å². The third-order valence-corrected chi connectivity index (χ3v) is 7.55. The van der Waals surface area contributed by atoms with Gasteiger partial charge in [-0.2, -0.15) is 5.10 Å². The molecule has 7 heteroatoms. The summed E-state index contributed by atoms with van der Waals surface area (Å²) >= 11 is 0. The first kappa shape index (κ1) is 22.7. The summed E-state index contributed by atoms with van der Waals surface area (Å²) in [6.45, 7) is 4.03. The maximum absolute atomic E-state index is 13.0. The van der Waals surface area contributed by atoms with Crippen molar-refractivity contribution in [2.24, 2.45) is 7.05 Å². The van der Waals surface area contributed by atoms with Gasteiger partial charge in [0.15, 0.2) is 0 Å². The van der Waals surface area contributed by atoms with E-state index in [1.165, 1.54) is 19.3 Å². The topological polar surface area (TPSA) is 72.3 Å². The van der Waals surface area contributed by atoms with E-state index in [9.17, 15) is 4.79 Å². The molecule has 1 amide bonds. The number of hydrogen-bond acceptors (Lipinski definition) is 5. The second kappa shape index (κ2) is 9.39. The monoisotopic (exact) mass is 481 g/mol. The van der Waals surface area contributed by atoms with E-state index in [4.69, 9.17) is 4.74 Å². The standard InChI is InChI=1S/C29H31N5O2/c1-3-19-13-20(8-10-26(19)29(35)32-22-17-34(18-22)23-5-4-6-23)27-14-25(11-12-30-27)36-24-9-7-21-16-31-33(2)28(21)15-24/h7-16,22-23H,3-6,17-18H2,1-2H3,(H,32,35). The molecule has 1 aliphatic carbocycles. The van der Waals surface area contributed by atoms with Gasteiger partial charge in [-0.15, -0.1) is 0 Å². The Morgan fingerprint density at radius 3 is 2.69 bits per heavy atom. The summed E-state index contributed by atoms with van der Waals surface area (Å²) in [5.41, 5.74) is 4.57. The highest BCUT2D eigenvalue weighted by Gasteiger charge is 2.35. The minimum Gasteiger partial charge on any atom is -0.457 e. The number of benzene rings is 2. The van der Waals surface area contributed by atoms with Gasteiger partial charge >= 0.3 is 0 Å². The lowest BCUT2D eigenvalue weighted by atomic mass is 9.88. The Kier molecular flexibility index (Phi) is 5.93. The number of aromatic nitrogens is 3. The van der Waals surface area contributed by atoms with Crippen LogP contribution in [0.25, 0.3) is 22.2 Å². The Hall–Kier alpha value is -3.71. The molecule has 2 aliphatic rings. The van der Waals surface area contributed by atoms with Gasteiger partial charge in [0.25, 0.3) is 5.91 Å². The number of pyridine rings is 1. The molecule has 0 spiro atoms. The second-order valence-corrected chi connectivity index (χ2v) is 9.90. The third kappa shape index (κ3) is 4.35. The fourth-order valence-corrected chi connectivity index (χ4v) is 5.14. The van der Waals surface area contributed by atoms with Crippen molar-refractivity contribution in [3.05, 3.63) is 72.1 Å². The number of fused-ring (bicyclic) bond motifs is 1. The van der Waals surface area contributed by atoms with Crippen LogP contribution in [-0.4, -0.2) is 50.7 Å². The molecule has 3 heterocycles. The second-order valence-electron chi connectivity index (χ2n) is 9.90. The minimum atomic E-state index is 0.0206. The van der Waals surface area contributed by atoms with Gasteiger partial charge in [0.2, 0.25) is 0 Å². The number of nitrogens with zero attached hydrogens (tertiary/aromatic N) is 4. The number of amides is 1. The Morgan fingerprint density at radius 1 is 1.08 bits per heavy atom. The van der Waals surface area contributed by atoms with Crippen LogP contribution >= 0.6 is 0 Å². The molecule has 1 N–H and O–H groups in total. The van der Waals surface area contributed by atoms with E-state index in [-0.39, 0.29) is 11.9 Å². The number of carbonyl (C=O) groups excluding carboxylic acids is 1. The van der Waals surface area contributed by atoms with Gasteiger partial charge in [-0.1, -0.05) is 19.4 Å². The van der Waals surface area contributed by atoms with Gasteiger partial charge < -0.3 is 10.1 Å². The molecule has 1 aliphatic heterocycles. The van der Waals surface area contributed by atoms with Crippen LogP contribution in [-0.2, 0) is 13.5 Å². The summed E-state index contributed by atoms with van der Waals surface area (Å²) in [6.07, 6.45) is 8.33. The van der Waals surface area contributed by atoms with Crippen LogP contribution in [0.5, 0.6) is 11.5 Å². The predicted molar refractivity (Wildman–Crippen MR) is 140 cm³/mol. The molecule has 36 heavy (non-hydrogen) atoms. The van der Waals surface area contributed by atoms with Gasteiger partial charge in [-0.25, -0.2) is 0 Å². The molecule has 2 fully saturated rings. The van der Waals surface area contributed by atoms with Crippen LogP contribution in [0.2, 0.25) is 0 Å². The van der Waals surface area contributed by atoms with E-state index < -0.39 is 0 Å². The van der Waals surface area contributed by atoms with Gasteiger partial charge in [0, 0.05) is 61.0 Å². The van der Waals surface area contributed by atoms with Crippen molar-refractivity contribution in [3.63, 3.8) is 0 Å². The Labute approximate surface area is 211 Å². The SMILES string of the molecule is CCc1cc(-c2cc(Oc3ccc4cnn(C)c4c3)ccn2)ccc1C(=O)NC1CN(C2CCC2)C1. The van der Waals surface area contributed by atoms with E-state index in [2.05, 4.69) is 33.3 Å². The summed E-state index contributed by atoms with van der Waals surface area (Å²) in [4.78, 5) is 20.1. The molecule has 2 aromatic carbocycles. The van der Waals surface area contributed by atoms with Crippen molar-refractivity contribution in [1.82, 2.24) is 25.0 Å². The van der Waals surface area contributed by atoms with Crippen molar-refractivity contribution in [2.75, 3.05) is 13.1 Å². The first-order valence-corrected chi connectivity index (χ1v) is 12.8. The number of hydrogen-bond donors (Lipinski definition) is 1. The minimum absolute atomic E-state index is 0.0206. The summed E-state index contributed by atoms with van der Waals surface area (Å²) in [5.74, 6) is 1.48. The Bertz CT molecular complexity index is 1420. The van der Waals surface area contributed by atoms with Gasteiger partial charge in [-0.05, 0) is 55.2 Å². The molecule has 0 bridgehead atoms. The van der Waals surface area contributed by atoms with E-state index in [1.807, 2.05) is 60.4 Å². The van der Waals surface area contributed by atoms with Gasteiger partial charge in [-0.3, -0.25) is 19.4 Å². The highest BCUT2D eigenvalue weighted by atomic mass is 16.5. The van der Waals surface area contributed by atoms with Crippen LogP contribution in [0.15, 0.2) is 60.9 Å². The molecule has 1 saturated carbocycles. The first-order chi connectivity index (χ1) is 17.6. The van der Waals surface area contributed by atoms with E-state index in [0.717, 1.165) is 64.6 Å². The number of ether oxygens (including phenoxy) is 1. The maximum Gasteiger partial charge on any atom is 0.251 e. The summed E-state index contributed by atoms with van der Waals surface area (Å²) < 4.78 is 7.98. The number of aryl methyl sites for hydroxylation is 2. The molecule has 1 saturated heterocycles. The maximum atomic E-state index is 13.0. The zero-order chi connectivity index (χ0) is 24.6. The highest BCUT2D eigenvalue weighted by molar-refractivity contribution is 5.96. The van der Waals surface area contributed by atoms with Crippen molar-refractivity contribution < 1.29 is 9.53 Å². The smallest absolute Gasteiger partial charge is 0.251 e. The van der Waals surface area contributed by atoms with Crippen LogP contribution in [0, 0.1) is 0 Å². The number of carbonyl (C=O) groups is 1. The zero-order valence-electron chi connectivity index (χ0n) is 20.8. The quantitative estimate of drug-likeness (QED) is 0.404. The zero-order valence-corrected chi connectivity index (χ0v) is 20.8. The summed E-state index contributed by atoms with van der Waals surface area (Å²) in [6, 6.07) is 16.7. The molecular formula is C29H31N5O2. The Morgan fingerprint density at radius 2 is 1.92 bits per heavy atom. The summed E-state index contributed by atoms with van der Waals surface area (Å²) in [7, 11) is 1.92. The lowest BCUT2D eigenvalue weighted by Crippen LogP contribution is -2.63. The molecule has 0 unspecified atom stereocenters. The highest BCUT2D eigenvalue weighted by Crippen LogP contribution is 2.30. The third-order valence-electron chi connectivity index (χ3n) is 7.55. The first-order valence-electron chi connectivity index (χ1n) is 12.8. The van der Waals surface area contributed by atoms with Crippen molar-refractivity contribution in [3.8, 4) is 22.8 Å². The van der Waals surface area contributed by atoms with Crippen LogP contribution < -0.4 is 10.1 Å². The fourth-order valence-electron chi connectivity index (χ4n) is 5.14. The number of rotatable bonds is 7. The molecular weight excluding hydrogens is 450 g/mol. The molecule has 7 nitrogen and oxygen atoms in total. The molecule has 0 atom stereocenters. The molecule has 2 aromatic heterocycles. The van der Waals surface area contributed by atoms with E-state index in [0.29, 0.717) is 5.75 Å². The Balaban J connectivity index is 1.16. The number of nitrogens with one attached hydrogen (secondary N) is 1.